The van der Waals surface area contributed by atoms with Crippen LogP contribution in [0.3, 0.4) is 0 Å². The molecule has 3 rings (SSSR count). The van der Waals surface area contributed by atoms with Crippen LogP contribution in [0.15, 0.2) is 34.2 Å². The van der Waals surface area contributed by atoms with Crippen LogP contribution < -0.4 is 5.32 Å². The van der Waals surface area contributed by atoms with Gasteiger partial charge in [0.15, 0.2) is 10.3 Å². The minimum absolute atomic E-state index is 0.873. The molecule has 80 valence electrons. The summed E-state index contributed by atoms with van der Waals surface area (Å²) < 4.78 is 2.23. The lowest BCUT2D eigenvalue weighted by atomic mass is 10.3. The van der Waals surface area contributed by atoms with Gasteiger partial charge in [0.2, 0.25) is 0 Å². The summed E-state index contributed by atoms with van der Waals surface area (Å²) in [7, 11) is 0. The van der Waals surface area contributed by atoms with E-state index >= 15 is 0 Å². The number of hydrogen-bond acceptors (Lipinski definition) is 5. The van der Waals surface area contributed by atoms with Crippen molar-refractivity contribution in [3.05, 3.63) is 34.2 Å². The number of thiazole rings is 2. The minimum Gasteiger partial charge on any atom is -0.307 e. The number of anilines is 2. The van der Waals surface area contributed by atoms with Crippen molar-refractivity contribution in [2.24, 2.45) is 0 Å². The number of aromatic nitrogens is 2. The molecule has 0 amide bonds. The predicted octanol–water partition coefficient (Wildman–Crippen LogP) is 4.26. The van der Waals surface area contributed by atoms with Gasteiger partial charge in [-0.3, -0.25) is 0 Å². The first kappa shape index (κ1) is 10.2. The normalized spacial score (nSPS) is 10.8. The quantitative estimate of drug-likeness (QED) is 0.768. The zero-order valence-electron chi connectivity index (χ0n) is 7.98. The zero-order chi connectivity index (χ0) is 11.0. The molecule has 2 heterocycles. The summed E-state index contributed by atoms with van der Waals surface area (Å²) in [6.45, 7) is 0. The van der Waals surface area contributed by atoms with Crippen molar-refractivity contribution in [1.82, 2.24) is 9.97 Å². The molecule has 1 N–H and O–H groups in total. The Morgan fingerprint density at radius 1 is 1.25 bits per heavy atom. The number of halogens is 1. The Bertz CT molecular complexity index is 618. The van der Waals surface area contributed by atoms with Crippen LogP contribution in [0.4, 0.5) is 10.3 Å². The summed E-state index contributed by atoms with van der Waals surface area (Å²) in [5, 5.41) is 6.88. The maximum atomic E-state index is 4.48. The summed E-state index contributed by atoms with van der Waals surface area (Å²) in [6, 6.07) is 6.07. The lowest BCUT2D eigenvalue weighted by molar-refractivity contribution is 1.37. The third kappa shape index (κ3) is 1.95. The van der Waals surface area contributed by atoms with Crippen LogP contribution >= 0.6 is 38.6 Å². The highest BCUT2D eigenvalue weighted by Crippen LogP contribution is 2.30. The molecule has 16 heavy (non-hydrogen) atoms. The van der Waals surface area contributed by atoms with E-state index < -0.39 is 0 Å². The van der Waals surface area contributed by atoms with Crippen LogP contribution in [0.25, 0.3) is 10.2 Å². The molecule has 0 radical (unpaired) electrons. The Morgan fingerprint density at radius 3 is 3.00 bits per heavy atom. The molecule has 1 aromatic carbocycles. The summed E-state index contributed by atoms with van der Waals surface area (Å²) in [4.78, 5) is 8.65. The molecular formula is C10H6BrN3S2. The Labute approximate surface area is 108 Å². The van der Waals surface area contributed by atoms with Gasteiger partial charge in [0, 0.05) is 16.0 Å². The Balaban J connectivity index is 1.99. The van der Waals surface area contributed by atoms with Gasteiger partial charge < -0.3 is 5.32 Å². The van der Waals surface area contributed by atoms with Crippen LogP contribution in [0.5, 0.6) is 0 Å². The van der Waals surface area contributed by atoms with Crippen molar-refractivity contribution in [2.45, 2.75) is 0 Å². The van der Waals surface area contributed by atoms with Gasteiger partial charge in [-0.25, -0.2) is 9.97 Å². The largest absolute Gasteiger partial charge is 0.307 e. The first-order valence-corrected chi connectivity index (χ1v) is 7.03. The van der Waals surface area contributed by atoms with Crippen LogP contribution in [0.1, 0.15) is 0 Å². The minimum atomic E-state index is 0.873. The van der Waals surface area contributed by atoms with E-state index in [4.69, 9.17) is 0 Å². The summed E-state index contributed by atoms with van der Waals surface area (Å²) in [6.07, 6.45) is 1.77. The van der Waals surface area contributed by atoms with E-state index in [0.29, 0.717) is 0 Å². The molecule has 0 atom stereocenters. The predicted molar refractivity (Wildman–Crippen MR) is 72.7 cm³/mol. The topological polar surface area (TPSA) is 37.8 Å². The summed E-state index contributed by atoms with van der Waals surface area (Å²) in [5.74, 6) is 0. The standard InChI is InChI=1S/C10H6BrN3S2/c11-6-1-2-7-8(5-6)16-10(13-7)14-9-12-3-4-15-9/h1-5H,(H,12,13,14). The second-order valence-electron chi connectivity index (χ2n) is 3.09. The lowest BCUT2D eigenvalue weighted by Gasteiger charge is -1.93. The number of nitrogens with one attached hydrogen (secondary N) is 1. The molecule has 3 nitrogen and oxygen atoms in total. The second kappa shape index (κ2) is 4.12. The van der Waals surface area contributed by atoms with Crippen LogP contribution in [0.2, 0.25) is 0 Å². The zero-order valence-corrected chi connectivity index (χ0v) is 11.2. The van der Waals surface area contributed by atoms with Gasteiger partial charge in [-0.05, 0) is 18.2 Å². The summed E-state index contributed by atoms with van der Waals surface area (Å²) >= 11 is 6.64. The molecule has 0 spiro atoms. The average molecular weight is 312 g/mol. The fourth-order valence-corrected chi connectivity index (χ4v) is 3.34. The monoisotopic (exact) mass is 311 g/mol. The van der Waals surface area contributed by atoms with Crippen LogP contribution in [0, 0.1) is 0 Å². The van der Waals surface area contributed by atoms with Gasteiger partial charge >= 0.3 is 0 Å². The van der Waals surface area contributed by atoms with Crippen molar-refractivity contribution >= 4 is 59.1 Å². The molecule has 0 bridgehead atoms. The van der Waals surface area contributed by atoms with Gasteiger partial charge in [0.25, 0.3) is 0 Å². The molecule has 0 aliphatic heterocycles. The van der Waals surface area contributed by atoms with Crippen molar-refractivity contribution < 1.29 is 0 Å². The van der Waals surface area contributed by atoms with E-state index in [0.717, 1.165) is 25.0 Å². The molecule has 0 aliphatic carbocycles. The van der Waals surface area contributed by atoms with Crippen molar-refractivity contribution in [1.29, 1.82) is 0 Å². The first-order chi connectivity index (χ1) is 7.81. The molecule has 6 heteroatoms. The highest BCUT2D eigenvalue weighted by atomic mass is 79.9. The molecule has 2 aromatic heterocycles. The highest BCUT2D eigenvalue weighted by molar-refractivity contribution is 9.10. The molecule has 0 aliphatic rings. The molecule has 0 unspecified atom stereocenters. The van der Waals surface area contributed by atoms with Gasteiger partial charge in [0.05, 0.1) is 10.2 Å². The molecule has 0 fully saturated rings. The second-order valence-corrected chi connectivity index (χ2v) is 5.93. The average Bonchev–Trinajstić information content (AvgIpc) is 2.86. The van der Waals surface area contributed by atoms with E-state index in [1.807, 2.05) is 17.5 Å². The van der Waals surface area contributed by atoms with Crippen molar-refractivity contribution in [3.63, 3.8) is 0 Å². The van der Waals surface area contributed by atoms with Gasteiger partial charge in [-0.1, -0.05) is 27.3 Å². The summed E-state index contributed by atoms with van der Waals surface area (Å²) in [5.41, 5.74) is 1.01. The maximum absolute atomic E-state index is 4.48. The molecule has 0 saturated carbocycles. The maximum Gasteiger partial charge on any atom is 0.190 e. The van der Waals surface area contributed by atoms with E-state index in [1.165, 1.54) is 0 Å². The van der Waals surface area contributed by atoms with E-state index in [9.17, 15) is 0 Å². The van der Waals surface area contributed by atoms with Gasteiger partial charge in [0.1, 0.15) is 0 Å². The third-order valence-electron chi connectivity index (χ3n) is 2.00. The van der Waals surface area contributed by atoms with Crippen LogP contribution in [-0.2, 0) is 0 Å². The first-order valence-electron chi connectivity index (χ1n) is 4.54. The number of nitrogens with zero attached hydrogens (tertiary/aromatic N) is 2. The van der Waals surface area contributed by atoms with Gasteiger partial charge in [-0.15, -0.1) is 11.3 Å². The number of fused-ring (bicyclic) bond motifs is 1. The molecular weight excluding hydrogens is 306 g/mol. The lowest BCUT2D eigenvalue weighted by Crippen LogP contribution is -1.86. The highest BCUT2D eigenvalue weighted by Gasteiger charge is 2.05. The fourth-order valence-electron chi connectivity index (χ4n) is 1.33. The molecule has 3 aromatic rings. The van der Waals surface area contributed by atoms with Crippen molar-refractivity contribution in [3.8, 4) is 0 Å². The SMILES string of the molecule is Brc1ccc2nc(Nc3nccs3)sc2c1. The van der Waals surface area contributed by atoms with Crippen molar-refractivity contribution in [2.75, 3.05) is 5.32 Å². The fraction of sp³-hybridized carbons (Fsp3) is 0. The number of rotatable bonds is 2. The van der Waals surface area contributed by atoms with Crippen LogP contribution in [-0.4, -0.2) is 9.97 Å². The third-order valence-corrected chi connectivity index (χ3v) is 4.11. The Morgan fingerprint density at radius 2 is 2.19 bits per heavy atom. The van der Waals surface area contributed by atoms with E-state index in [-0.39, 0.29) is 0 Å². The number of benzene rings is 1. The Kier molecular flexibility index (Phi) is 2.62. The van der Waals surface area contributed by atoms with E-state index in [1.54, 1.807) is 28.9 Å². The number of hydrogen-bond donors (Lipinski definition) is 1. The molecule has 0 saturated heterocycles. The van der Waals surface area contributed by atoms with E-state index in [2.05, 4.69) is 37.3 Å². The van der Waals surface area contributed by atoms with Gasteiger partial charge in [-0.2, -0.15) is 0 Å². The Hall–Kier alpha value is -0.980. The smallest absolute Gasteiger partial charge is 0.190 e.